The van der Waals surface area contributed by atoms with Gasteiger partial charge < -0.3 is 14.8 Å². The first-order valence-electron chi connectivity index (χ1n) is 7.84. The van der Waals surface area contributed by atoms with E-state index in [0.29, 0.717) is 12.1 Å². The molecule has 21 heavy (non-hydrogen) atoms. The number of nitrogens with one attached hydrogen (secondary N) is 1. The van der Waals surface area contributed by atoms with Crippen LogP contribution in [0.15, 0.2) is 16.6 Å². The number of hydrogen-bond donors (Lipinski definition) is 1. The zero-order chi connectivity index (χ0) is 15.2. The van der Waals surface area contributed by atoms with Gasteiger partial charge in [-0.05, 0) is 56.8 Å². The van der Waals surface area contributed by atoms with Crippen molar-refractivity contribution in [3.63, 3.8) is 0 Å². The van der Waals surface area contributed by atoms with Crippen LogP contribution in [0, 0.1) is 6.92 Å². The Hall–Kier alpha value is -0.580. The van der Waals surface area contributed by atoms with Crippen LogP contribution in [0.1, 0.15) is 49.8 Å². The summed E-state index contributed by atoms with van der Waals surface area (Å²) >= 11 is 3.64. The summed E-state index contributed by atoms with van der Waals surface area (Å²) in [5.41, 5.74) is 2.43. The van der Waals surface area contributed by atoms with Gasteiger partial charge in [0.25, 0.3) is 0 Å². The molecule has 0 saturated carbocycles. The smallest absolute Gasteiger partial charge is 0.123 e. The molecule has 0 bridgehead atoms. The van der Waals surface area contributed by atoms with Crippen molar-refractivity contribution >= 4 is 15.9 Å². The molecular weight excluding hydrogens is 330 g/mol. The van der Waals surface area contributed by atoms with Crippen LogP contribution in [0.4, 0.5) is 0 Å². The fourth-order valence-electron chi connectivity index (χ4n) is 2.96. The van der Waals surface area contributed by atoms with E-state index in [1.807, 2.05) is 0 Å². The van der Waals surface area contributed by atoms with E-state index >= 15 is 0 Å². The zero-order valence-corrected chi connectivity index (χ0v) is 14.8. The Morgan fingerprint density at radius 2 is 2.29 bits per heavy atom. The molecule has 1 aliphatic rings. The molecule has 1 aromatic rings. The van der Waals surface area contributed by atoms with Crippen molar-refractivity contribution in [3.05, 3.63) is 27.7 Å². The first kappa shape index (κ1) is 16.8. The molecule has 118 valence electrons. The Morgan fingerprint density at radius 3 is 2.90 bits per heavy atom. The van der Waals surface area contributed by atoms with E-state index in [0.717, 1.165) is 36.2 Å². The lowest BCUT2D eigenvalue weighted by Crippen LogP contribution is -2.23. The van der Waals surface area contributed by atoms with Crippen LogP contribution in [0.3, 0.4) is 0 Å². The summed E-state index contributed by atoms with van der Waals surface area (Å²) in [7, 11) is 1.75. The van der Waals surface area contributed by atoms with Gasteiger partial charge in [-0.3, -0.25) is 0 Å². The van der Waals surface area contributed by atoms with Crippen molar-refractivity contribution in [1.82, 2.24) is 5.32 Å². The van der Waals surface area contributed by atoms with Gasteiger partial charge in [0.2, 0.25) is 0 Å². The number of halogens is 1. The summed E-state index contributed by atoms with van der Waals surface area (Å²) in [5.74, 6) is 0.967. The number of ether oxygens (including phenoxy) is 2. The van der Waals surface area contributed by atoms with Crippen molar-refractivity contribution < 1.29 is 9.47 Å². The second-order valence-corrected chi connectivity index (χ2v) is 6.52. The second-order valence-electron chi connectivity index (χ2n) is 5.67. The number of aryl methyl sites for hydroxylation is 1. The molecule has 1 fully saturated rings. The fourth-order valence-corrected chi connectivity index (χ4v) is 3.32. The Bertz CT molecular complexity index is 458. The molecule has 0 radical (unpaired) electrons. The van der Waals surface area contributed by atoms with Crippen LogP contribution in [0.2, 0.25) is 0 Å². The Morgan fingerprint density at radius 1 is 1.48 bits per heavy atom. The Labute approximate surface area is 136 Å². The van der Waals surface area contributed by atoms with Gasteiger partial charge in [-0.25, -0.2) is 0 Å². The van der Waals surface area contributed by atoms with Crippen LogP contribution in [0.5, 0.6) is 5.75 Å². The minimum atomic E-state index is 0.311. The van der Waals surface area contributed by atoms with Gasteiger partial charge in [0.1, 0.15) is 5.75 Å². The summed E-state index contributed by atoms with van der Waals surface area (Å²) in [5, 5.41) is 3.59. The van der Waals surface area contributed by atoms with Gasteiger partial charge >= 0.3 is 0 Å². The van der Waals surface area contributed by atoms with Crippen molar-refractivity contribution in [2.45, 2.75) is 51.7 Å². The molecule has 3 nitrogen and oxygen atoms in total. The highest BCUT2D eigenvalue weighted by Gasteiger charge is 2.21. The summed E-state index contributed by atoms with van der Waals surface area (Å²) in [6.07, 6.45) is 5.02. The van der Waals surface area contributed by atoms with Crippen molar-refractivity contribution in [2.24, 2.45) is 0 Å². The highest BCUT2D eigenvalue weighted by molar-refractivity contribution is 9.10. The number of benzene rings is 1. The van der Waals surface area contributed by atoms with Gasteiger partial charge in [-0.1, -0.05) is 22.9 Å². The predicted molar refractivity (Wildman–Crippen MR) is 90.1 cm³/mol. The molecule has 0 aromatic heterocycles. The SMILES string of the molecule is CCNC(CCC1CCCO1)c1cc(Br)c(C)cc1OC. The van der Waals surface area contributed by atoms with Gasteiger partial charge in [-0.15, -0.1) is 0 Å². The molecule has 2 rings (SSSR count). The van der Waals surface area contributed by atoms with Gasteiger partial charge in [-0.2, -0.15) is 0 Å². The van der Waals surface area contributed by atoms with E-state index in [9.17, 15) is 0 Å². The maximum Gasteiger partial charge on any atom is 0.123 e. The van der Waals surface area contributed by atoms with Crippen molar-refractivity contribution in [3.8, 4) is 5.75 Å². The minimum Gasteiger partial charge on any atom is -0.496 e. The monoisotopic (exact) mass is 355 g/mol. The molecule has 1 N–H and O–H groups in total. The highest BCUT2D eigenvalue weighted by Crippen LogP contribution is 2.34. The Balaban J connectivity index is 2.13. The van der Waals surface area contributed by atoms with Gasteiger partial charge in [0, 0.05) is 22.7 Å². The van der Waals surface area contributed by atoms with E-state index in [-0.39, 0.29) is 0 Å². The lowest BCUT2D eigenvalue weighted by molar-refractivity contribution is 0.0995. The predicted octanol–water partition coefficient (Wildman–Crippen LogP) is 4.38. The van der Waals surface area contributed by atoms with Gasteiger partial charge in [0.05, 0.1) is 13.2 Å². The van der Waals surface area contributed by atoms with Crippen molar-refractivity contribution in [2.75, 3.05) is 20.3 Å². The maximum atomic E-state index is 5.75. The van der Waals surface area contributed by atoms with E-state index in [1.165, 1.54) is 24.0 Å². The molecule has 0 spiro atoms. The van der Waals surface area contributed by atoms with Crippen molar-refractivity contribution in [1.29, 1.82) is 0 Å². The molecule has 1 saturated heterocycles. The van der Waals surface area contributed by atoms with E-state index in [1.54, 1.807) is 7.11 Å². The summed E-state index contributed by atoms with van der Waals surface area (Å²) < 4.78 is 12.5. The van der Waals surface area contributed by atoms with Crippen LogP contribution >= 0.6 is 15.9 Å². The van der Waals surface area contributed by atoms with Gasteiger partial charge in [0.15, 0.2) is 0 Å². The normalized spacial score (nSPS) is 19.7. The molecular formula is C17H26BrNO2. The third kappa shape index (κ3) is 4.44. The maximum absolute atomic E-state index is 5.75. The third-order valence-electron chi connectivity index (χ3n) is 4.14. The molecule has 1 aromatic carbocycles. The third-order valence-corrected chi connectivity index (χ3v) is 4.99. The van der Waals surface area contributed by atoms with Crippen LogP contribution in [-0.4, -0.2) is 26.4 Å². The average molecular weight is 356 g/mol. The highest BCUT2D eigenvalue weighted by atomic mass is 79.9. The summed E-state index contributed by atoms with van der Waals surface area (Å²) in [6, 6.07) is 4.61. The first-order valence-corrected chi connectivity index (χ1v) is 8.64. The second kappa shape index (κ2) is 8.16. The molecule has 4 heteroatoms. The average Bonchev–Trinajstić information content (AvgIpc) is 2.99. The minimum absolute atomic E-state index is 0.311. The lowest BCUT2D eigenvalue weighted by atomic mass is 9.97. The molecule has 1 aliphatic heterocycles. The van der Waals surface area contributed by atoms with Crippen LogP contribution in [0.25, 0.3) is 0 Å². The molecule has 1 heterocycles. The molecule has 2 unspecified atom stereocenters. The van der Waals surface area contributed by atoms with Crippen LogP contribution in [-0.2, 0) is 4.74 Å². The lowest BCUT2D eigenvalue weighted by Gasteiger charge is -2.23. The quantitative estimate of drug-likeness (QED) is 0.787. The van der Waals surface area contributed by atoms with Crippen LogP contribution < -0.4 is 10.1 Å². The van der Waals surface area contributed by atoms with E-state index in [2.05, 4.69) is 47.2 Å². The molecule has 0 aliphatic carbocycles. The topological polar surface area (TPSA) is 30.5 Å². The van der Waals surface area contributed by atoms with E-state index < -0.39 is 0 Å². The largest absolute Gasteiger partial charge is 0.496 e. The Kier molecular flexibility index (Phi) is 6.52. The summed E-state index contributed by atoms with van der Waals surface area (Å²) in [4.78, 5) is 0. The first-order chi connectivity index (χ1) is 10.2. The number of methoxy groups -OCH3 is 1. The number of rotatable bonds is 7. The van der Waals surface area contributed by atoms with E-state index in [4.69, 9.17) is 9.47 Å². The number of hydrogen-bond acceptors (Lipinski definition) is 3. The zero-order valence-electron chi connectivity index (χ0n) is 13.2. The molecule has 0 amide bonds. The standard InChI is InChI=1S/C17H26BrNO2/c1-4-19-16(8-7-13-6-5-9-21-13)14-11-15(18)12(2)10-17(14)20-3/h10-11,13,16,19H,4-9H2,1-3H3. The summed E-state index contributed by atoms with van der Waals surface area (Å²) in [6.45, 7) is 6.11. The fraction of sp³-hybridized carbons (Fsp3) is 0.647. The molecule has 2 atom stereocenters.